The molecular formula is C14H18N2OS. The van der Waals surface area contributed by atoms with Crippen LogP contribution in [0.5, 0.6) is 5.88 Å². The zero-order chi connectivity index (χ0) is 13.0. The van der Waals surface area contributed by atoms with Gasteiger partial charge in [0.1, 0.15) is 0 Å². The van der Waals surface area contributed by atoms with Crippen molar-refractivity contribution in [2.45, 2.75) is 19.9 Å². The van der Waals surface area contributed by atoms with E-state index in [9.17, 15) is 0 Å². The molecule has 18 heavy (non-hydrogen) atoms. The number of methoxy groups -OCH3 is 1. The minimum atomic E-state index is 0.281. The van der Waals surface area contributed by atoms with Gasteiger partial charge in [-0.2, -0.15) is 0 Å². The van der Waals surface area contributed by atoms with Crippen molar-refractivity contribution < 1.29 is 4.74 Å². The predicted octanol–water partition coefficient (Wildman–Crippen LogP) is 3.96. The van der Waals surface area contributed by atoms with Crippen LogP contribution in [-0.4, -0.2) is 12.1 Å². The van der Waals surface area contributed by atoms with Gasteiger partial charge in [-0.3, -0.25) is 0 Å². The van der Waals surface area contributed by atoms with Gasteiger partial charge in [0.2, 0.25) is 5.88 Å². The third-order valence-corrected chi connectivity index (χ3v) is 3.75. The SMILES string of the molecule is COc1ncccc1NC(c1cccs1)C(C)C. The first-order chi connectivity index (χ1) is 8.72. The van der Waals surface area contributed by atoms with Gasteiger partial charge in [0.25, 0.3) is 0 Å². The van der Waals surface area contributed by atoms with Crippen molar-refractivity contribution in [3.8, 4) is 5.88 Å². The Bertz CT molecular complexity index is 482. The van der Waals surface area contributed by atoms with Gasteiger partial charge >= 0.3 is 0 Å². The van der Waals surface area contributed by atoms with Gasteiger partial charge in [-0.25, -0.2) is 4.98 Å². The lowest BCUT2D eigenvalue weighted by Crippen LogP contribution is -2.16. The summed E-state index contributed by atoms with van der Waals surface area (Å²) in [5, 5.41) is 5.63. The van der Waals surface area contributed by atoms with Gasteiger partial charge < -0.3 is 10.1 Å². The summed E-state index contributed by atoms with van der Waals surface area (Å²) in [5.41, 5.74) is 0.937. The highest BCUT2D eigenvalue weighted by molar-refractivity contribution is 7.10. The van der Waals surface area contributed by atoms with Crippen LogP contribution >= 0.6 is 11.3 Å². The molecule has 2 heterocycles. The number of pyridine rings is 1. The third-order valence-electron chi connectivity index (χ3n) is 2.79. The Balaban J connectivity index is 2.24. The van der Waals surface area contributed by atoms with Crippen LogP contribution in [0.4, 0.5) is 5.69 Å². The fourth-order valence-corrected chi connectivity index (χ4v) is 2.81. The number of thiophene rings is 1. The minimum Gasteiger partial charge on any atom is -0.480 e. The van der Waals surface area contributed by atoms with Crippen LogP contribution in [0.3, 0.4) is 0 Å². The molecule has 0 aliphatic heterocycles. The summed E-state index contributed by atoms with van der Waals surface area (Å²) in [6.45, 7) is 4.42. The van der Waals surface area contributed by atoms with E-state index in [-0.39, 0.29) is 6.04 Å². The second-order valence-corrected chi connectivity index (χ2v) is 5.42. The van der Waals surface area contributed by atoms with Crippen molar-refractivity contribution in [2.75, 3.05) is 12.4 Å². The van der Waals surface area contributed by atoms with Crippen molar-refractivity contribution in [1.82, 2.24) is 4.98 Å². The fourth-order valence-electron chi connectivity index (χ4n) is 1.87. The average Bonchev–Trinajstić information content (AvgIpc) is 2.89. The average molecular weight is 262 g/mol. The van der Waals surface area contributed by atoms with Crippen LogP contribution < -0.4 is 10.1 Å². The van der Waals surface area contributed by atoms with Gasteiger partial charge in [-0.05, 0) is 29.5 Å². The normalized spacial score (nSPS) is 12.4. The van der Waals surface area contributed by atoms with Gasteiger partial charge in [0.05, 0.1) is 18.8 Å². The highest BCUT2D eigenvalue weighted by Gasteiger charge is 2.18. The molecule has 1 atom stereocenters. The first-order valence-corrected chi connectivity index (χ1v) is 6.89. The highest BCUT2D eigenvalue weighted by Crippen LogP contribution is 2.32. The van der Waals surface area contributed by atoms with E-state index in [0.29, 0.717) is 11.8 Å². The van der Waals surface area contributed by atoms with Crippen molar-refractivity contribution in [1.29, 1.82) is 0 Å². The fraction of sp³-hybridized carbons (Fsp3) is 0.357. The number of ether oxygens (including phenoxy) is 1. The molecule has 96 valence electrons. The Kier molecular flexibility index (Phi) is 4.20. The molecule has 0 aliphatic rings. The Morgan fingerprint density at radius 1 is 1.28 bits per heavy atom. The van der Waals surface area contributed by atoms with E-state index < -0.39 is 0 Å². The van der Waals surface area contributed by atoms with E-state index in [1.165, 1.54) is 4.88 Å². The number of hydrogen-bond donors (Lipinski definition) is 1. The summed E-state index contributed by atoms with van der Waals surface area (Å²) in [4.78, 5) is 5.54. The third kappa shape index (κ3) is 2.82. The lowest BCUT2D eigenvalue weighted by Gasteiger charge is -2.23. The molecule has 0 spiro atoms. The molecule has 2 aromatic rings. The molecule has 0 aromatic carbocycles. The van der Waals surface area contributed by atoms with Gasteiger partial charge in [0.15, 0.2) is 0 Å². The van der Waals surface area contributed by atoms with Gasteiger partial charge in [-0.1, -0.05) is 19.9 Å². The second kappa shape index (κ2) is 5.87. The Hall–Kier alpha value is -1.55. The van der Waals surface area contributed by atoms with E-state index in [2.05, 4.69) is 41.7 Å². The summed E-state index contributed by atoms with van der Waals surface area (Å²) in [6, 6.07) is 8.43. The summed E-state index contributed by atoms with van der Waals surface area (Å²) < 4.78 is 5.27. The zero-order valence-corrected chi connectivity index (χ0v) is 11.7. The van der Waals surface area contributed by atoms with E-state index in [1.807, 2.05) is 12.1 Å². The monoisotopic (exact) mass is 262 g/mol. The Labute approximate surface area is 112 Å². The standard InChI is InChI=1S/C14H18N2OS/c1-10(2)13(12-7-5-9-18-12)16-11-6-4-8-15-14(11)17-3/h4-10,13,16H,1-3H3. The molecule has 4 heteroatoms. The maximum atomic E-state index is 5.27. The summed E-state index contributed by atoms with van der Waals surface area (Å²) in [7, 11) is 1.64. The number of nitrogens with one attached hydrogen (secondary N) is 1. The van der Waals surface area contributed by atoms with Crippen LogP contribution in [0, 0.1) is 5.92 Å². The van der Waals surface area contributed by atoms with Crippen molar-refractivity contribution in [3.63, 3.8) is 0 Å². The second-order valence-electron chi connectivity index (χ2n) is 4.44. The molecule has 1 unspecified atom stereocenters. The first-order valence-electron chi connectivity index (χ1n) is 6.01. The molecule has 0 fully saturated rings. The maximum absolute atomic E-state index is 5.27. The summed E-state index contributed by atoms with van der Waals surface area (Å²) >= 11 is 1.77. The quantitative estimate of drug-likeness (QED) is 0.885. The largest absolute Gasteiger partial charge is 0.480 e. The lowest BCUT2D eigenvalue weighted by atomic mass is 10.0. The Morgan fingerprint density at radius 2 is 2.11 bits per heavy atom. The summed E-state index contributed by atoms with van der Waals surface area (Å²) in [5.74, 6) is 1.13. The molecule has 0 bridgehead atoms. The lowest BCUT2D eigenvalue weighted by molar-refractivity contribution is 0.398. The van der Waals surface area contributed by atoms with Crippen molar-refractivity contribution in [3.05, 3.63) is 40.7 Å². The van der Waals surface area contributed by atoms with Crippen LogP contribution in [0.15, 0.2) is 35.8 Å². The predicted molar refractivity (Wildman–Crippen MR) is 76.3 cm³/mol. The molecule has 2 aromatic heterocycles. The van der Waals surface area contributed by atoms with E-state index in [1.54, 1.807) is 24.6 Å². The van der Waals surface area contributed by atoms with Crippen molar-refractivity contribution >= 4 is 17.0 Å². The van der Waals surface area contributed by atoms with Gasteiger partial charge in [-0.15, -0.1) is 11.3 Å². The van der Waals surface area contributed by atoms with Crippen LogP contribution in [0.2, 0.25) is 0 Å². The van der Waals surface area contributed by atoms with Crippen LogP contribution in [0.1, 0.15) is 24.8 Å². The number of rotatable bonds is 5. The molecule has 2 rings (SSSR count). The molecule has 3 nitrogen and oxygen atoms in total. The van der Waals surface area contributed by atoms with Crippen LogP contribution in [0.25, 0.3) is 0 Å². The molecule has 0 saturated carbocycles. The van der Waals surface area contributed by atoms with E-state index >= 15 is 0 Å². The topological polar surface area (TPSA) is 34.1 Å². The molecule has 0 radical (unpaired) electrons. The van der Waals surface area contributed by atoms with E-state index in [4.69, 9.17) is 4.74 Å². The molecule has 0 amide bonds. The molecule has 0 aliphatic carbocycles. The number of hydrogen-bond acceptors (Lipinski definition) is 4. The number of nitrogens with zero attached hydrogens (tertiary/aromatic N) is 1. The molecule has 0 saturated heterocycles. The molecular weight excluding hydrogens is 244 g/mol. The maximum Gasteiger partial charge on any atom is 0.237 e. The van der Waals surface area contributed by atoms with Crippen molar-refractivity contribution in [2.24, 2.45) is 5.92 Å². The number of aromatic nitrogens is 1. The van der Waals surface area contributed by atoms with Gasteiger partial charge in [0, 0.05) is 11.1 Å². The van der Waals surface area contributed by atoms with E-state index in [0.717, 1.165) is 5.69 Å². The number of anilines is 1. The Morgan fingerprint density at radius 3 is 2.72 bits per heavy atom. The highest BCUT2D eigenvalue weighted by atomic mass is 32.1. The first kappa shape index (κ1) is 12.9. The smallest absolute Gasteiger partial charge is 0.237 e. The zero-order valence-electron chi connectivity index (χ0n) is 10.9. The molecule has 1 N–H and O–H groups in total. The van der Waals surface area contributed by atoms with Crippen LogP contribution in [-0.2, 0) is 0 Å². The minimum absolute atomic E-state index is 0.281. The summed E-state index contributed by atoms with van der Waals surface area (Å²) in [6.07, 6.45) is 1.74.